The number of carbonyl (C=O) groups is 1. The molecule has 0 saturated carbocycles. The van der Waals surface area contributed by atoms with E-state index in [0.29, 0.717) is 0 Å². The topological polar surface area (TPSA) is 20.3 Å². The Bertz CT molecular complexity index is 439. The summed E-state index contributed by atoms with van der Waals surface area (Å²) in [6.07, 6.45) is 3.11. The van der Waals surface area contributed by atoms with Crippen LogP contribution in [0.5, 0.6) is 0 Å². The van der Waals surface area contributed by atoms with Crippen molar-refractivity contribution < 1.29 is 4.79 Å². The lowest BCUT2D eigenvalue weighted by molar-refractivity contribution is 0.0768. The van der Waals surface area contributed by atoms with Gasteiger partial charge in [-0.3, -0.25) is 4.79 Å². The number of hydrogen-bond acceptors (Lipinski definition) is 1. The lowest BCUT2D eigenvalue weighted by atomic mass is 10.1. The van der Waals surface area contributed by atoms with Crippen LogP contribution >= 0.6 is 15.9 Å². The lowest BCUT2D eigenvalue weighted by Gasteiger charge is -2.25. The van der Waals surface area contributed by atoms with Crippen LogP contribution in [0.2, 0.25) is 0 Å². The predicted molar refractivity (Wildman–Crippen MR) is 68.4 cm³/mol. The van der Waals surface area contributed by atoms with Crippen LogP contribution < -0.4 is 0 Å². The molecule has 1 aromatic rings. The number of benzene rings is 1. The molecule has 0 aliphatic carbocycles. The quantitative estimate of drug-likeness (QED) is 0.723. The summed E-state index contributed by atoms with van der Waals surface area (Å²) in [6.45, 7) is 3.66. The van der Waals surface area contributed by atoms with Gasteiger partial charge >= 0.3 is 0 Å². The van der Waals surface area contributed by atoms with Crippen molar-refractivity contribution >= 4 is 21.8 Å². The Morgan fingerprint density at radius 2 is 2.12 bits per heavy atom. The lowest BCUT2D eigenvalue weighted by Crippen LogP contribution is -2.34. The van der Waals surface area contributed by atoms with Crippen LogP contribution in [0.1, 0.15) is 23.7 Å². The fraction of sp³-hybridized carbons (Fsp3) is 0.308. The van der Waals surface area contributed by atoms with Gasteiger partial charge in [0.2, 0.25) is 0 Å². The molecular formula is C13H14BrNO. The van der Waals surface area contributed by atoms with Gasteiger partial charge in [0.1, 0.15) is 0 Å². The standard InChI is InChI=1S/C13H14BrNO/c1-10-6-8-15(9-7-10)13(16)11-4-2-3-5-12(11)14/h2-6H,7-9H2,1H3. The van der Waals surface area contributed by atoms with Crippen LogP contribution in [-0.4, -0.2) is 23.9 Å². The first-order chi connectivity index (χ1) is 7.68. The van der Waals surface area contributed by atoms with E-state index in [1.54, 1.807) is 0 Å². The summed E-state index contributed by atoms with van der Waals surface area (Å²) in [5.41, 5.74) is 2.12. The van der Waals surface area contributed by atoms with Gasteiger partial charge in [-0.1, -0.05) is 23.8 Å². The van der Waals surface area contributed by atoms with E-state index in [0.717, 1.165) is 29.5 Å². The Balaban J connectivity index is 2.18. The fourth-order valence-electron chi connectivity index (χ4n) is 1.76. The minimum atomic E-state index is 0.108. The zero-order chi connectivity index (χ0) is 11.5. The molecule has 1 aromatic carbocycles. The third-order valence-electron chi connectivity index (χ3n) is 2.83. The molecule has 0 spiro atoms. The van der Waals surface area contributed by atoms with Crippen molar-refractivity contribution in [3.8, 4) is 0 Å². The maximum atomic E-state index is 12.2. The molecule has 1 aliphatic heterocycles. The van der Waals surface area contributed by atoms with E-state index in [4.69, 9.17) is 0 Å². The summed E-state index contributed by atoms with van der Waals surface area (Å²) in [6, 6.07) is 7.57. The summed E-state index contributed by atoms with van der Waals surface area (Å²) < 4.78 is 0.867. The molecule has 0 fully saturated rings. The normalized spacial score (nSPS) is 15.9. The maximum Gasteiger partial charge on any atom is 0.255 e. The Hall–Kier alpha value is -1.09. The third kappa shape index (κ3) is 2.35. The van der Waals surface area contributed by atoms with Crippen molar-refractivity contribution in [2.24, 2.45) is 0 Å². The Morgan fingerprint density at radius 3 is 2.75 bits per heavy atom. The van der Waals surface area contributed by atoms with E-state index >= 15 is 0 Å². The second-order valence-electron chi connectivity index (χ2n) is 4.03. The molecule has 2 rings (SSSR count). The summed E-state index contributed by atoms with van der Waals surface area (Å²) in [5.74, 6) is 0.108. The van der Waals surface area contributed by atoms with Crippen LogP contribution in [0.4, 0.5) is 0 Å². The van der Waals surface area contributed by atoms with Crippen LogP contribution in [0, 0.1) is 0 Å². The Labute approximate surface area is 104 Å². The first-order valence-corrected chi connectivity index (χ1v) is 6.17. The van der Waals surface area contributed by atoms with Crippen molar-refractivity contribution in [3.05, 3.63) is 46.0 Å². The summed E-state index contributed by atoms with van der Waals surface area (Å²) in [4.78, 5) is 14.1. The first kappa shape index (κ1) is 11.4. The molecular weight excluding hydrogens is 266 g/mol. The minimum Gasteiger partial charge on any atom is -0.335 e. The molecule has 0 bridgehead atoms. The van der Waals surface area contributed by atoms with E-state index in [9.17, 15) is 4.79 Å². The van der Waals surface area contributed by atoms with Crippen molar-refractivity contribution in [3.63, 3.8) is 0 Å². The zero-order valence-corrected chi connectivity index (χ0v) is 10.8. The third-order valence-corrected chi connectivity index (χ3v) is 3.52. The molecule has 0 saturated heterocycles. The summed E-state index contributed by atoms with van der Waals surface area (Å²) >= 11 is 3.41. The van der Waals surface area contributed by atoms with Gasteiger partial charge in [-0.05, 0) is 41.4 Å². The highest BCUT2D eigenvalue weighted by Crippen LogP contribution is 2.19. The SMILES string of the molecule is CC1=CCN(C(=O)c2ccccc2Br)CC1. The highest BCUT2D eigenvalue weighted by molar-refractivity contribution is 9.10. The Morgan fingerprint density at radius 1 is 1.38 bits per heavy atom. The molecule has 3 heteroatoms. The molecule has 0 unspecified atom stereocenters. The molecule has 0 radical (unpaired) electrons. The van der Waals surface area contributed by atoms with E-state index in [1.165, 1.54) is 5.57 Å². The minimum absolute atomic E-state index is 0.108. The van der Waals surface area contributed by atoms with Crippen LogP contribution in [0.25, 0.3) is 0 Å². The van der Waals surface area contributed by atoms with Gasteiger partial charge in [0.15, 0.2) is 0 Å². The van der Waals surface area contributed by atoms with Crippen LogP contribution in [-0.2, 0) is 0 Å². The second-order valence-corrected chi connectivity index (χ2v) is 4.89. The van der Waals surface area contributed by atoms with Gasteiger partial charge in [-0.25, -0.2) is 0 Å². The van der Waals surface area contributed by atoms with Crippen LogP contribution in [0.15, 0.2) is 40.4 Å². The van der Waals surface area contributed by atoms with Gasteiger partial charge in [-0.15, -0.1) is 0 Å². The van der Waals surface area contributed by atoms with Gasteiger partial charge < -0.3 is 4.90 Å². The van der Waals surface area contributed by atoms with E-state index in [-0.39, 0.29) is 5.91 Å². The number of amides is 1. The molecule has 0 atom stereocenters. The van der Waals surface area contributed by atoms with E-state index < -0.39 is 0 Å². The smallest absolute Gasteiger partial charge is 0.255 e. The number of carbonyl (C=O) groups excluding carboxylic acids is 1. The molecule has 2 nitrogen and oxygen atoms in total. The molecule has 1 heterocycles. The maximum absolute atomic E-state index is 12.2. The van der Waals surface area contributed by atoms with Gasteiger partial charge in [-0.2, -0.15) is 0 Å². The monoisotopic (exact) mass is 279 g/mol. The number of halogens is 1. The van der Waals surface area contributed by atoms with E-state index in [2.05, 4.69) is 28.9 Å². The molecule has 0 aromatic heterocycles. The summed E-state index contributed by atoms with van der Waals surface area (Å²) in [7, 11) is 0. The van der Waals surface area contributed by atoms with E-state index in [1.807, 2.05) is 29.2 Å². The van der Waals surface area contributed by atoms with Gasteiger partial charge in [0.05, 0.1) is 5.56 Å². The first-order valence-electron chi connectivity index (χ1n) is 5.38. The molecule has 84 valence electrons. The number of hydrogen-bond donors (Lipinski definition) is 0. The number of nitrogens with zero attached hydrogens (tertiary/aromatic N) is 1. The largest absolute Gasteiger partial charge is 0.335 e. The van der Waals surface area contributed by atoms with Crippen LogP contribution in [0.3, 0.4) is 0 Å². The van der Waals surface area contributed by atoms with Crippen molar-refractivity contribution in [1.29, 1.82) is 0 Å². The average Bonchev–Trinajstić information content (AvgIpc) is 2.30. The highest BCUT2D eigenvalue weighted by Gasteiger charge is 2.18. The molecule has 0 N–H and O–H groups in total. The molecule has 1 amide bonds. The van der Waals surface area contributed by atoms with Gasteiger partial charge in [0, 0.05) is 17.6 Å². The van der Waals surface area contributed by atoms with Crippen molar-refractivity contribution in [2.75, 3.05) is 13.1 Å². The predicted octanol–water partition coefficient (Wildman–Crippen LogP) is 3.24. The van der Waals surface area contributed by atoms with Gasteiger partial charge in [0.25, 0.3) is 5.91 Å². The Kier molecular flexibility index (Phi) is 3.44. The molecule has 16 heavy (non-hydrogen) atoms. The summed E-state index contributed by atoms with van der Waals surface area (Å²) in [5, 5.41) is 0. The average molecular weight is 280 g/mol. The number of rotatable bonds is 1. The van der Waals surface area contributed by atoms with Crippen molar-refractivity contribution in [1.82, 2.24) is 4.90 Å². The second kappa shape index (κ2) is 4.83. The fourth-order valence-corrected chi connectivity index (χ4v) is 2.21. The van der Waals surface area contributed by atoms with Crippen molar-refractivity contribution in [2.45, 2.75) is 13.3 Å². The highest BCUT2D eigenvalue weighted by atomic mass is 79.9. The zero-order valence-electron chi connectivity index (χ0n) is 9.24. The molecule has 1 aliphatic rings.